The summed E-state index contributed by atoms with van der Waals surface area (Å²) in [4.78, 5) is 14.4. The fourth-order valence-electron chi connectivity index (χ4n) is 3.28. The van der Waals surface area contributed by atoms with Crippen LogP contribution in [0, 0.1) is 0 Å². The molecule has 4 aromatic rings. The van der Waals surface area contributed by atoms with Gasteiger partial charge in [-0.25, -0.2) is 0 Å². The van der Waals surface area contributed by atoms with Crippen molar-refractivity contribution in [3.63, 3.8) is 0 Å². The van der Waals surface area contributed by atoms with E-state index in [0.717, 1.165) is 44.0 Å². The minimum absolute atomic E-state index is 0.0198. The van der Waals surface area contributed by atoms with Gasteiger partial charge in [-0.15, -0.1) is 11.3 Å². The molecule has 0 fully saturated rings. The van der Waals surface area contributed by atoms with Gasteiger partial charge in [0.05, 0.1) is 13.7 Å². The number of thiophene rings is 1. The average molecular weight is 403 g/mol. The number of ether oxygens (including phenoxy) is 2. The molecule has 0 saturated heterocycles. The Bertz CT molecular complexity index is 1130. The van der Waals surface area contributed by atoms with Crippen LogP contribution in [0.1, 0.15) is 29.3 Å². The van der Waals surface area contributed by atoms with Crippen LogP contribution < -0.4 is 9.47 Å². The van der Waals surface area contributed by atoms with Gasteiger partial charge in [-0.2, -0.15) is 0 Å². The lowest BCUT2D eigenvalue weighted by atomic mass is 9.97. The third-order valence-electron chi connectivity index (χ3n) is 4.76. The molecule has 0 atom stereocenters. The van der Waals surface area contributed by atoms with E-state index in [4.69, 9.17) is 9.47 Å². The highest BCUT2D eigenvalue weighted by atomic mass is 32.1. The van der Waals surface area contributed by atoms with Crippen LogP contribution >= 0.6 is 11.3 Å². The van der Waals surface area contributed by atoms with Crippen molar-refractivity contribution in [2.45, 2.75) is 13.3 Å². The lowest BCUT2D eigenvalue weighted by molar-refractivity contribution is 0.104. The number of benzene rings is 3. The van der Waals surface area contributed by atoms with Crippen LogP contribution in [0.25, 0.3) is 20.5 Å². The summed E-state index contributed by atoms with van der Waals surface area (Å²) >= 11 is 1.65. The number of carbonyl (C=O) groups is 1. The molecular weight excluding hydrogens is 380 g/mol. The summed E-state index contributed by atoms with van der Waals surface area (Å²) in [6, 6.07) is 23.3. The Morgan fingerprint density at radius 1 is 0.897 bits per heavy atom. The Labute approximate surface area is 174 Å². The van der Waals surface area contributed by atoms with Crippen LogP contribution in [0.3, 0.4) is 0 Å². The number of hydrogen-bond donors (Lipinski definition) is 0. The summed E-state index contributed by atoms with van der Waals surface area (Å²) in [6.07, 6.45) is 0.971. The van der Waals surface area contributed by atoms with Gasteiger partial charge in [0, 0.05) is 26.1 Å². The van der Waals surface area contributed by atoms with Crippen LogP contribution in [0.15, 0.2) is 72.8 Å². The molecule has 0 bridgehead atoms. The quantitative estimate of drug-likeness (QED) is 0.327. The van der Waals surface area contributed by atoms with Gasteiger partial charge in [0.1, 0.15) is 11.5 Å². The van der Waals surface area contributed by atoms with Gasteiger partial charge in [-0.3, -0.25) is 4.79 Å². The largest absolute Gasteiger partial charge is 0.497 e. The lowest BCUT2D eigenvalue weighted by Gasteiger charge is -2.08. The van der Waals surface area contributed by atoms with Gasteiger partial charge in [0.15, 0.2) is 5.78 Å². The number of ketones is 1. The second-order valence-electron chi connectivity index (χ2n) is 6.73. The molecule has 4 heteroatoms. The highest BCUT2D eigenvalue weighted by Gasteiger charge is 2.21. The molecule has 0 radical (unpaired) electrons. The van der Waals surface area contributed by atoms with E-state index < -0.39 is 0 Å². The lowest BCUT2D eigenvalue weighted by Crippen LogP contribution is -2.02. The average Bonchev–Trinajstić information content (AvgIpc) is 3.17. The van der Waals surface area contributed by atoms with E-state index in [2.05, 4.69) is 13.0 Å². The number of rotatable bonds is 7. The van der Waals surface area contributed by atoms with E-state index in [9.17, 15) is 4.79 Å². The second kappa shape index (κ2) is 8.50. The van der Waals surface area contributed by atoms with Crippen LogP contribution in [-0.2, 0) is 0 Å². The molecule has 0 aliphatic rings. The summed E-state index contributed by atoms with van der Waals surface area (Å²) in [5.74, 6) is 1.60. The first-order valence-corrected chi connectivity index (χ1v) is 10.5. The van der Waals surface area contributed by atoms with Crippen molar-refractivity contribution < 1.29 is 14.3 Å². The van der Waals surface area contributed by atoms with Crippen molar-refractivity contribution in [1.82, 2.24) is 0 Å². The van der Waals surface area contributed by atoms with Crippen molar-refractivity contribution in [1.29, 1.82) is 0 Å². The first kappa shape index (κ1) is 19.2. The topological polar surface area (TPSA) is 35.5 Å². The molecule has 29 heavy (non-hydrogen) atoms. The van der Waals surface area contributed by atoms with E-state index in [1.165, 1.54) is 0 Å². The van der Waals surface area contributed by atoms with E-state index in [1.807, 2.05) is 66.7 Å². The van der Waals surface area contributed by atoms with Crippen molar-refractivity contribution in [3.8, 4) is 21.9 Å². The van der Waals surface area contributed by atoms with E-state index in [-0.39, 0.29) is 5.78 Å². The fourth-order valence-corrected chi connectivity index (χ4v) is 4.49. The summed E-state index contributed by atoms with van der Waals surface area (Å²) < 4.78 is 12.0. The van der Waals surface area contributed by atoms with Crippen molar-refractivity contribution in [3.05, 3.63) is 83.9 Å². The molecule has 0 saturated carbocycles. The molecule has 146 valence electrons. The van der Waals surface area contributed by atoms with Crippen LogP contribution in [-0.4, -0.2) is 19.5 Å². The summed E-state index contributed by atoms with van der Waals surface area (Å²) in [5, 5.41) is 0.986. The zero-order chi connectivity index (χ0) is 20.2. The molecule has 1 heterocycles. The van der Waals surface area contributed by atoms with Gasteiger partial charge in [0.2, 0.25) is 0 Å². The SMILES string of the molecule is CCCOc1ccc(-c2sc3ccccc3c2C(=O)c2ccc(OC)cc2)cc1. The van der Waals surface area contributed by atoms with Gasteiger partial charge < -0.3 is 9.47 Å². The van der Waals surface area contributed by atoms with Crippen molar-refractivity contribution in [2.75, 3.05) is 13.7 Å². The normalized spacial score (nSPS) is 10.8. The number of carbonyl (C=O) groups excluding carboxylic acids is 1. The third-order valence-corrected chi connectivity index (χ3v) is 5.98. The van der Waals surface area contributed by atoms with E-state index >= 15 is 0 Å². The molecule has 3 nitrogen and oxygen atoms in total. The molecule has 0 aliphatic carbocycles. The van der Waals surface area contributed by atoms with Crippen molar-refractivity contribution >= 4 is 27.2 Å². The van der Waals surface area contributed by atoms with Gasteiger partial charge in [-0.1, -0.05) is 25.1 Å². The molecule has 0 amide bonds. The fraction of sp³-hybridized carbons (Fsp3) is 0.160. The molecule has 0 aliphatic heterocycles. The monoisotopic (exact) mass is 402 g/mol. The molecule has 0 unspecified atom stereocenters. The number of methoxy groups -OCH3 is 1. The Kier molecular flexibility index (Phi) is 5.63. The first-order chi connectivity index (χ1) is 14.2. The predicted octanol–water partition coefficient (Wildman–Crippen LogP) is 6.60. The van der Waals surface area contributed by atoms with E-state index in [0.29, 0.717) is 12.2 Å². The van der Waals surface area contributed by atoms with E-state index in [1.54, 1.807) is 18.4 Å². The maximum atomic E-state index is 13.5. The first-order valence-electron chi connectivity index (χ1n) is 9.64. The van der Waals surface area contributed by atoms with Gasteiger partial charge >= 0.3 is 0 Å². The van der Waals surface area contributed by atoms with Gasteiger partial charge in [-0.05, 0) is 66.6 Å². The minimum atomic E-state index is 0.0198. The maximum absolute atomic E-state index is 13.5. The summed E-state index contributed by atoms with van der Waals surface area (Å²) in [7, 11) is 1.62. The number of fused-ring (bicyclic) bond motifs is 1. The molecule has 3 aromatic carbocycles. The van der Waals surface area contributed by atoms with Crippen molar-refractivity contribution in [2.24, 2.45) is 0 Å². The number of hydrogen-bond acceptors (Lipinski definition) is 4. The Morgan fingerprint density at radius 3 is 2.28 bits per heavy atom. The van der Waals surface area contributed by atoms with Gasteiger partial charge in [0.25, 0.3) is 0 Å². The molecular formula is C25H22O3S. The molecule has 0 N–H and O–H groups in total. The third kappa shape index (κ3) is 3.89. The zero-order valence-electron chi connectivity index (χ0n) is 16.5. The summed E-state index contributed by atoms with van der Waals surface area (Å²) in [6.45, 7) is 2.78. The molecule has 0 spiro atoms. The Balaban J connectivity index is 1.79. The van der Waals surface area contributed by atoms with Crippen LogP contribution in [0.2, 0.25) is 0 Å². The second-order valence-corrected chi connectivity index (χ2v) is 7.79. The highest BCUT2D eigenvalue weighted by molar-refractivity contribution is 7.22. The van der Waals surface area contributed by atoms with Crippen LogP contribution in [0.4, 0.5) is 0 Å². The van der Waals surface area contributed by atoms with Crippen LogP contribution in [0.5, 0.6) is 11.5 Å². The predicted molar refractivity (Wildman–Crippen MR) is 119 cm³/mol. The minimum Gasteiger partial charge on any atom is -0.497 e. The summed E-state index contributed by atoms with van der Waals surface area (Å²) in [5.41, 5.74) is 2.42. The smallest absolute Gasteiger partial charge is 0.195 e. The maximum Gasteiger partial charge on any atom is 0.195 e. The zero-order valence-corrected chi connectivity index (χ0v) is 17.3. The molecule has 4 rings (SSSR count). The Morgan fingerprint density at radius 2 is 1.59 bits per heavy atom. The standard InChI is InChI=1S/C25H22O3S/c1-3-16-28-20-14-10-18(11-15-20)25-23(21-6-4-5-7-22(21)29-25)24(26)17-8-12-19(27-2)13-9-17/h4-15H,3,16H2,1-2H3. The highest BCUT2D eigenvalue weighted by Crippen LogP contribution is 2.40. The Hall–Kier alpha value is -3.11. The molecule has 1 aromatic heterocycles.